The maximum Gasteiger partial charge on any atom is 0.334 e. The molecule has 0 aromatic heterocycles. The van der Waals surface area contributed by atoms with Crippen molar-refractivity contribution in [3.63, 3.8) is 0 Å². The normalized spacial score (nSPS) is 12.4. The molecule has 19 heavy (non-hydrogen) atoms. The SMILES string of the molecule is CCCCCCCCCCCC[C@H](O)C(=O)OCC. The fourth-order valence-electron chi connectivity index (χ4n) is 2.18. The van der Waals surface area contributed by atoms with E-state index in [2.05, 4.69) is 6.92 Å². The average Bonchev–Trinajstić information content (AvgIpc) is 2.41. The summed E-state index contributed by atoms with van der Waals surface area (Å²) in [6.45, 7) is 4.34. The monoisotopic (exact) mass is 272 g/mol. The zero-order valence-electron chi connectivity index (χ0n) is 12.8. The number of esters is 1. The van der Waals surface area contributed by atoms with Crippen LogP contribution in [0.25, 0.3) is 0 Å². The third-order valence-electron chi connectivity index (χ3n) is 3.39. The van der Waals surface area contributed by atoms with Crippen LogP contribution < -0.4 is 0 Å². The van der Waals surface area contributed by atoms with E-state index in [0.717, 1.165) is 12.8 Å². The molecular weight excluding hydrogens is 240 g/mol. The number of carbonyl (C=O) groups is 1. The molecule has 0 rings (SSSR count). The van der Waals surface area contributed by atoms with Gasteiger partial charge in [0.2, 0.25) is 0 Å². The maximum absolute atomic E-state index is 11.2. The highest BCUT2D eigenvalue weighted by Crippen LogP contribution is 2.12. The molecule has 0 heterocycles. The minimum absolute atomic E-state index is 0.341. The van der Waals surface area contributed by atoms with Gasteiger partial charge in [-0.3, -0.25) is 0 Å². The Hall–Kier alpha value is -0.570. The first-order valence-corrected chi connectivity index (χ1v) is 8.07. The number of ether oxygens (including phenoxy) is 1. The molecule has 1 atom stereocenters. The predicted molar refractivity (Wildman–Crippen MR) is 79.1 cm³/mol. The molecular formula is C16H32O3. The second-order valence-electron chi connectivity index (χ2n) is 5.24. The number of carbonyl (C=O) groups excluding carboxylic acids is 1. The van der Waals surface area contributed by atoms with Crippen LogP contribution in [0.1, 0.15) is 84.5 Å². The standard InChI is InChI=1S/C16H32O3/c1-3-5-6-7-8-9-10-11-12-13-14-15(17)16(18)19-4-2/h15,17H,3-14H2,1-2H3/t15-/m0/s1. The van der Waals surface area contributed by atoms with E-state index in [9.17, 15) is 9.90 Å². The molecule has 0 aliphatic heterocycles. The molecule has 0 unspecified atom stereocenters. The number of unbranched alkanes of at least 4 members (excludes halogenated alkanes) is 9. The molecule has 0 radical (unpaired) electrons. The Bertz CT molecular complexity index is 204. The van der Waals surface area contributed by atoms with Crippen LogP contribution in [0.2, 0.25) is 0 Å². The van der Waals surface area contributed by atoms with Crippen LogP contribution in [0.5, 0.6) is 0 Å². The van der Waals surface area contributed by atoms with Crippen molar-refractivity contribution in [3.05, 3.63) is 0 Å². The Morgan fingerprint density at radius 2 is 1.37 bits per heavy atom. The number of hydrogen-bond donors (Lipinski definition) is 1. The number of rotatable bonds is 13. The predicted octanol–water partition coefficient (Wildman–Crippen LogP) is 4.22. The Kier molecular flexibility index (Phi) is 13.4. The van der Waals surface area contributed by atoms with Gasteiger partial charge >= 0.3 is 5.97 Å². The van der Waals surface area contributed by atoms with Gasteiger partial charge in [-0.1, -0.05) is 71.1 Å². The summed E-state index contributed by atoms with van der Waals surface area (Å²) >= 11 is 0. The van der Waals surface area contributed by atoms with Crippen LogP contribution >= 0.6 is 0 Å². The quantitative estimate of drug-likeness (QED) is 0.403. The van der Waals surface area contributed by atoms with Gasteiger partial charge in [-0.2, -0.15) is 0 Å². The molecule has 0 aliphatic rings. The van der Waals surface area contributed by atoms with Crippen LogP contribution in [0.15, 0.2) is 0 Å². The summed E-state index contributed by atoms with van der Waals surface area (Å²) < 4.78 is 4.76. The van der Waals surface area contributed by atoms with E-state index in [1.54, 1.807) is 6.92 Å². The smallest absolute Gasteiger partial charge is 0.334 e. The van der Waals surface area contributed by atoms with E-state index < -0.39 is 12.1 Å². The van der Waals surface area contributed by atoms with Crippen LogP contribution in [0.4, 0.5) is 0 Å². The van der Waals surface area contributed by atoms with Gasteiger partial charge in [-0.15, -0.1) is 0 Å². The second kappa shape index (κ2) is 13.9. The zero-order chi connectivity index (χ0) is 14.3. The van der Waals surface area contributed by atoms with E-state index in [1.807, 2.05) is 0 Å². The van der Waals surface area contributed by atoms with Crippen molar-refractivity contribution in [2.24, 2.45) is 0 Å². The van der Waals surface area contributed by atoms with Gasteiger partial charge in [-0.25, -0.2) is 4.79 Å². The first kappa shape index (κ1) is 18.4. The van der Waals surface area contributed by atoms with Crippen LogP contribution in [-0.2, 0) is 9.53 Å². The lowest BCUT2D eigenvalue weighted by molar-refractivity contribution is -0.153. The molecule has 0 aliphatic carbocycles. The van der Waals surface area contributed by atoms with Crippen molar-refractivity contribution < 1.29 is 14.6 Å². The highest BCUT2D eigenvalue weighted by atomic mass is 16.5. The summed E-state index contributed by atoms with van der Waals surface area (Å²) in [4.78, 5) is 11.2. The summed E-state index contributed by atoms with van der Waals surface area (Å²) in [6, 6.07) is 0. The minimum Gasteiger partial charge on any atom is -0.464 e. The van der Waals surface area contributed by atoms with Gasteiger partial charge in [0, 0.05) is 0 Å². The Morgan fingerprint density at radius 3 is 1.84 bits per heavy atom. The fraction of sp³-hybridized carbons (Fsp3) is 0.938. The summed E-state index contributed by atoms with van der Waals surface area (Å²) in [6.07, 6.45) is 12.2. The van der Waals surface area contributed by atoms with Gasteiger partial charge in [0.05, 0.1) is 6.61 Å². The Labute approximate surface area is 118 Å². The fourth-order valence-corrected chi connectivity index (χ4v) is 2.18. The van der Waals surface area contributed by atoms with E-state index in [-0.39, 0.29) is 0 Å². The van der Waals surface area contributed by atoms with Crippen LogP contribution in [-0.4, -0.2) is 23.8 Å². The van der Waals surface area contributed by atoms with Crippen molar-refractivity contribution in [1.29, 1.82) is 0 Å². The molecule has 0 amide bonds. The molecule has 3 heteroatoms. The summed E-state index contributed by atoms with van der Waals surface area (Å²) in [5, 5.41) is 9.50. The third-order valence-corrected chi connectivity index (χ3v) is 3.39. The van der Waals surface area contributed by atoms with E-state index in [1.165, 1.54) is 51.4 Å². The molecule has 0 bridgehead atoms. The molecule has 0 spiro atoms. The number of aliphatic hydroxyl groups excluding tert-OH is 1. The zero-order valence-corrected chi connectivity index (χ0v) is 12.8. The van der Waals surface area contributed by atoms with Crippen molar-refractivity contribution in [3.8, 4) is 0 Å². The van der Waals surface area contributed by atoms with Gasteiger partial charge < -0.3 is 9.84 Å². The average molecular weight is 272 g/mol. The lowest BCUT2D eigenvalue weighted by atomic mass is 10.0. The molecule has 0 fully saturated rings. The first-order chi connectivity index (χ1) is 9.22. The van der Waals surface area contributed by atoms with Gasteiger partial charge in [0.15, 0.2) is 6.10 Å². The van der Waals surface area contributed by atoms with Crippen molar-refractivity contribution in [2.45, 2.75) is 90.6 Å². The lowest BCUT2D eigenvalue weighted by Crippen LogP contribution is -2.22. The minimum atomic E-state index is -0.922. The first-order valence-electron chi connectivity index (χ1n) is 8.07. The molecule has 0 saturated heterocycles. The third kappa shape index (κ3) is 12.2. The highest BCUT2D eigenvalue weighted by molar-refractivity contribution is 5.74. The maximum atomic E-state index is 11.2. The second-order valence-corrected chi connectivity index (χ2v) is 5.24. The molecule has 114 valence electrons. The van der Waals surface area contributed by atoms with E-state index in [0.29, 0.717) is 13.0 Å². The molecule has 0 aromatic rings. The van der Waals surface area contributed by atoms with Crippen LogP contribution in [0.3, 0.4) is 0 Å². The Balaban J connectivity index is 3.20. The van der Waals surface area contributed by atoms with Gasteiger partial charge in [-0.05, 0) is 13.3 Å². The molecule has 0 saturated carbocycles. The van der Waals surface area contributed by atoms with Gasteiger partial charge in [0.1, 0.15) is 0 Å². The summed E-state index contributed by atoms with van der Waals surface area (Å²) in [7, 11) is 0. The summed E-state index contributed by atoms with van der Waals surface area (Å²) in [5.41, 5.74) is 0. The van der Waals surface area contributed by atoms with Crippen LogP contribution in [0, 0.1) is 0 Å². The van der Waals surface area contributed by atoms with E-state index >= 15 is 0 Å². The molecule has 3 nitrogen and oxygen atoms in total. The Morgan fingerprint density at radius 1 is 0.895 bits per heavy atom. The molecule has 0 aromatic carbocycles. The summed E-state index contributed by atoms with van der Waals surface area (Å²) in [5.74, 6) is -0.474. The number of aliphatic hydroxyl groups is 1. The largest absolute Gasteiger partial charge is 0.464 e. The van der Waals surface area contributed by atoms with E-state index in [4.69, 9.17) is 4.74 Å². The topological polar surface area (TPSA) is 46.5 Å². The van der Waals surface area contributed by atoms with Crippen molar-refractivity contribution in [2.75, 3.05) is 6.61 Å². The lowest BCUT2D eigenvalue weighted by Gasteiger charge is -2.09. The highest BCUT2D eigenvalue weighted by Gasteiger charge is 2.14. The number of hydrogen-bond acceptors (Lipinski definition) is 3. The van der Waals surface area contributed by atoms with Crippen molar-refractivity contribution >= 4 is 5.97 Å². The van der Waals surface area contributed by atoms with Gasteiger partial charge in [0.25, 0.3) is 0 Å². The van der Waals surface area contributed by atoms with Crippen molar-refractivity contribution in [1.82, 2.24) is 0 Å². The molecule has 1 N–H and O–H groups in total.